The van der Waals surface area contributed by atoms with Crippen LogP contribution in [0.2, 0.25) is 0 Å². The summed E-state index contributed by atoms with van der Waals surface area (Å²) in [5.74, 6) is -2.13. The Hall–Kier alpha value is -1.31. The van der Waals surface area contributed by atoms with E-state index in [9.17, 15) is 22.8 Å². The van der Waals surface area contributed by atoms with Gasteiger partial charge in [0.25, 0.3) is 0 Å². The van der Waals surface area contributed by atoms with Crippen molar-refractivity contribution in [2.45, 2.75) is 62.8 Å². The molecule has 0 aromatic heterocycles. The number of hydrogen-bond acceptors (Lipinski definition) is 3. The second kappa shape index (κ2) is 6.64. The summed E-state index contributed by atoms with van der Waals surface area (Å²) in [6, 6.07) is -1.36. The first-order valence-electron chi connectivity index (χ1n) is 7.29. The molecule has 0 bridgehead atoms. The second-order valence-electron chi connectivity index (χ2n) is 5.63. The predicted octanol–water partition coefficient (Wildman–Crippen LogP) is 0.844. The summed E-state index contributed by atoms with van der Waals surface area (Å²) in [5, 5.41) is 7.84. The largest absolute Gasteiger partial charge is 0.471 e. The number of rotatable bonds is 3. The van der Waals surface area contributed by atoms with Gasteiger partial charge in [-0.15, -0.1) is 0 Å². The van der Waals surface area contributed by atoms with Gasteiger partial charge in [-0.05, 0) is 32.2 Å². The Balaban J connectivity index is 1.92. The standard InChI is InChI=1S/C13H20F3N3O2/c14-13(15,16)12(21)19-9-5-2-1-4-8(9)18-11(20)10-6-3-7-17-10/h8-10,17H,1-7H2,(H,18,20)(H,19,21)/t8-,9-,10+/m1/s1. The molecule has 0 aromatic rings. The molecule has 1 aliphatic carbocycles. The Labute approximate surface area is 121 Å². The van der Waals surface area contributed by atoms with Crippen molar-refractivity contribution in [1.29, 1.82) is 0 Å². The van der Waals surface area contributed by atoms with E-state index in [1.54, 1.807) is 0 Å². The molecule has 2 fully saturated rings. The highest BCUT2D eigenvalue weighted by atomic mass is 19.4. The number of nitrogens with one attached hydrogen (secondary N) is 3. The number of carbonyl (C=O) groups is 2. The monoisotopic (exact) mass is 307 g/mol. The van der Waals surface area contributed by atoms with E-state index in [1.165, 1.54) is 0 Å². The van der Waals surface area contributed by atoms with E-state index in [1.807, 2.05) is 5.32 Å². The van der Waals surface area contributed by atoms with Crippen LogP contribution in [0.4, 0.5) is 13.2 Å². The number of carbonyl (C=O) groups excluding carboxylic acids is 2. The van der Waals surface area contributed by atoms with Crippen LogP contribution in [0.1, 0.15) is 38.5 Å². The maximum absolute atomic E-state index is 12.3. The molecule has 21 heavy (non-hydrogen) atoms. The molecule has 0 spiro atoms. The minimum absolute atomic E-state index is 0.189. The van der Waals surface area contributed by atoms with Gasteiger partial charge < -0.3 is 16.0 Å². The van der Waals surface area contributed by atoms with Crippen molar-refractivity contribution in [2.75, 3.05) is 6.54 Å². The van der Waals surface area contributed by atoms with Gasteiger partial charge in [-0.2, -0.15) is 13.2 Å². The summed E-state index contributed by atoms with van der Waals surface area (Å²) in [5.41, 5.74) is 0. The first kappa shape index (κ1) is 16.1. The number of alkyl halides is 3. The van der Waals surface area contributed by atoms with Crippen LogP contribution in [0.3, 0.4) is 0 Å². The smallest absolute Gasteiger partial charge is 0.350 e. The Kier molecular flexibility index (Phi) is 5.08. The van der Waals surface area contributed by atoms with Gasteiger partial charge in [-0.25, -0.2) is 0 Å². The minimum Gasteiger partial charge on any atom is -0.350 e. The van der Waals surface area contributed by atoms with Crippen molar-refractivity contribution in [1.82, 2.24) is 16.0 Å². The zero-order chi connectivity index (χ0) is 15.5. The lowest BCUT2D eigenvalue weighted by Gasteiger charge is -2.33. The van der Waals surface area contributed by atoms with Gasteiger partial charge in [-0.1, -0.05) is 12.8 Å². The van der Waals surface area contributed by atoms with E-state index in [0.29, 0.717) is 12.8 Å². The van der Waals surface area contributed by atoms with Crippen LogP contribution >= 0.6 is 0 Å². The Morgan fingerprint density at radius 2 is 1.57 bits per heavy atom. The zero-order valence-electron chi connectivity index (χ0n) is 11.6. The molecule has 2 aliphatic rings. The average Bonchev–Trinajstić information content (AvgIpc) is 2.93. The van der Waals surface area contributed by atoms with Crippen LogP contribution in [-0.2, 0) is 9.59 Å². The van der Waals surface area contributed by atoms with Crippen LogP contribution in [-0.4, -0.2) is 42.7 Å². The molecule has 3 N–H and O–H groups in total. The number of amides is 2. The second-order valence-corrected chi connectivity index (χ2v) is 5.63. The van der Waals surface area contributed by atoms with Crippen LogP contribution < -0.4 is 16.0 Å². The molecular weight excluding hydrogens is 287 g/mol. The van der Waals surface area contributed by atoms with Gasteiger partial charge in [0, 0.05) is 12.1 Å². The van der Waals surface area contributed by atoms with Gasteiger partial charge in [0.15, 0.2) is 0 Å². The molecule has 0 aromatic carbocycles. The summed E-state index contributed by atoms with van der Waals surface area (Å²) in [7, 11) is 0. The third-order valence-corrected chi connectivity index (χ3v) is 4.04. The molecule has 5 nitrogen and oxygen atoms in total. The molecule has 1 aliphatic heterocycles. The van der Waals surface area contributed by atoms with Gasteiger partial charge in [0.1, 0.15) is 0 Å². The molecule has 2 rings (SSSR count). The average molecular weight is 307 g/mol. The van der Waals surface area contributed by atoms with Crippen molar-refractivity contribution in [3.63, 3.8) is 0 Å². The molecule has 1 heterocycles. The molecule has 1 saturated carbocycles. The van der Waals surface area contributed by atoms with E-state index in [2.05, 4.69) is 10.6 Å². The van der Waals surface area contributed by atoms with Crippen LogP contribution in [0, 0.1) is 0 Å². The summed E-state index contributed by atoms with van der Waals surface area (Å²) < 4.78 is 37.0. The highest BCUT2D eigenvalue weighted by Crippen LogP contribution is 2.22. The molecule has 2 amide bonds. The van der Waals surface area contributed by atoms with Crippen molar-refractivity contribution < 1.29 is 22.8 Å². The molecule has 0 unspecified atom stereocenters. The fourth-order valence-electron chi connectivity index (χ4n) is 2.92. The first-order valence-corrected chi connectivity index (χ1v) is 7.29. The van der Waals surface area contributed by atoms with Crippen molar-refractivity contribution in [3.8, 4) is 0 Å². The van der Waals surface area contributed by atoms with E-state index in [4.69, 9.17) is 0 Å². The van der Waals surface area contributed by atoms with Gasteiger partial charge in [-0.3, -0.25) is 9.59 Å². The molecular formula is C13H20F3N3O2. The van der Waals surface area contributed by atoms with Gasteiger partial charge in [0.05, 0.1) is 6.04 Å². The number of hydrogen-bond donors (Lipinski definition) is 3. The van der Waals surface area contributed by atoms with Crippen molar-refractivity contribution in [2.24, 2.45) is 0 Å². The van der Waals surface area contributed by atoms with Gasteiger partial charge in [0.2, 0.25) is 5.91 Å². The summed E-state index contributed by atoms with van der Waals surface area (Å²) >= 11 is 0. The van der Waals surface area contributed by atoms with E-state index in [-0.39, 0.29) is 11.9 Å². The van der Waals surface area contributed by atoms with Gasteiger partial charge >= 0.3 is 12.1 Å². The maximum atomic E-state index is 12.3. The predicted molar refractivity (Wildman–Crippen MR) is 69.4 cm³/mol. The lowest BCUT2D eigenvalue weighted by Crippen LogP contribution is -2.57. The minimum atomic E-state index is -4.89. The zero-order valence-corrected chi connectivity index (χ0v) is 11.6. The third-order valence-electron chi connectivity index (χ3n) is 4.04. The van der Waals surface area contributed by atoms with E-state index in [0.717, 1.165) is 32.2 Å². The molecule has 1 saturated heterocycles. The van der Waals surface area contributed by atoms with E-state index < -0.39 is 24.2 Å². The Morgan fingerprint density at radius 3 is 2.10 bits per heavy atom. The molecule has 120 valence electrons. The first-order chi connectivity index (χ1) is 9.88. The Morgan fingerprint density at radius 1 is 0.952 bits per heavy atom. The summed E-state index contributed by atoms with van der Waals surface area (Å²) in [6.07, 6.45) is -0.626. The topological polar surface area (TPSA) is 70.2 Å². The van der Waals surface area contributed by atoms with Crippen molar-refractivity contribution in [3.05, 3.63) is 0 Å². The highest BCUT2D eigenvalue weighted by Gasteiger charge is 2.41. The molecule has 3 atom stereocenters. The third kappa shape index (κ3) is 4.33. The maximum Gasteiger partial charge on any atom is 0.471 e. The fourth-order valence-corrected chi connectivity index (χ4v) is 2.92. The van der Waals surface area contributed by atoms with Crippen LogP contribution in [0.15, 0.2) is 0 Å². The quantitative estimate of drug-likeness (QED) is 0.724. The SMILES string of the molecule is O=C(N[C@@H]1CCCC[C@H]1NC(=O)C(F)(F)F)[C@@H]1CCCN1. The van der Waals surface area contributed by atoms with Crippen LogP contribution in [0.5, 0.6) is 0 Å². The molecule has 0 radical (unpaired) electrons. The highest BCUT2D eigenvalue weighted by molar-refractivity contribution is 5.83. The lowest BCUT2D eigenvalue weighted by molar-refractivity contribution is -0.174. The number of halogens is 3. The summed E-state index contributed by atoms with van der Waals surface area (Å²) in [4.78, 5) is 23.1. The Bertz CT molecular complexity index is 395. The molecule has 8 heteroatoms. The normalized spacial score (nSPS) is 30.0. The van der Waals surface area contributed by atoms with E-state index >= 15 is 0 Å². The summed E-state index contributed by atoms with van der Waals surface area (Å²) in [6.45, 7) is 0.775. The van der Waals surface area contributed by atoms with Crippen molar-refractivity contribution >= 4 is 11.8 Å². The van der Waals surface area contributed by atoms with Crippen LogP contribution in [0.25, 0.3) is 0 Å². The fraction of sp³-hybridized carbons (Fsp3) is 0.846. The lowest BCUT2D eigenvalue weighted by atomic mass is 9.90.